The van der Waals surface area contributed by atoms with E-state index in [4.69, 9.17) is 4.74 Å². The van der Waals surface area contributed by atoms with Gasteiger partial charge in [-0.05, 0) is 31.1 Å². The smallest absolute Gasteiger partial charge is 0.0571 e. The fourth-order valence-corrected chi connectivity index (χ4v) is 1.37. The summed E-state index contributed by atoms with van der Waals surface area (Å²) < 4.78 is 5.11. The van der Waals surface area contributed by atoms with E-state index in [0.29, 0.717) is 6.10 Å². The first kappa shape index (κ1) is 18.3. The molecule has 1 heteroatoms. The van der Waals surface area contributed by atoms with Gasteiger partial charge in [0.15, 0.2) is 0 Å². The van der Waals surface area contributed by atoms with Crippen LogP contribution >= 0.6 is 0 Å². The van der Waals surface area contributed by atoms with E-state index >= 15 is 0 Å². The van der Waals surface area contributed by atoms with Crippen LogP contribution in [0.1, 0.15) is 80.1 Å². The van der Waals surface area contributed by atoms with Crippen molar-refractivity contribution in [2.75, 3.05) is 7.11 Å². The SMILES string of the molecule is CC.CC.CC1(C)CC1.COC1CCCC1. The third-order valence-electron chi connectivity index (χ3n) is 2.89. The first-order valence-electron chi connectivity index (χ1n) is 7.17. The highest BCUT2D eigenvalue weighted by Gasteiger charge is 2.30. The molecule has 0 saturated heterocycles. The summed E-state index contributed by atoms with van der Waals surface area (Å²) in [5, 5.41) is 0. The zero-order valence-electron chi connectivity index (χ0n) is 12.7. The molecule has 0 bridgehead atoms. The summed E-state index contributed by atoms with van der Waals surface area (Å²) in [6, 6.07) is 0. The highest BCUT2D eigenvalue weighted by molar-refractivity contribution is 4.82. The van der Waals surface area contributed by atoms with Crippen molar-refractivity contribution in [3.63, 3.8) is 0 Å². The van der Waals surface area contributed by atoms with E-state index in [9.17, 15) is 0 Å². The molecule has 0 N–H and O–H groups in total. The number of hydrogen-bond donors (Lipinski definition) is 0. The third kappa shape index (κ3) is 12.0. The van der Waals surface area contributed by atoms with Crippen molar-refractivity contribution in [2.24, 2.45) is 5.41 Å². The second-order valence-corrected chi connectivity index (χ2v) is 4.81. The molecule has 2 aliphatic carbocycles. The zero-order chi connectivity index (χ0) is 13.0. The monoisotopic (exact) mass is 230 g/mol. The van der Waals surface area contributed by atoms with E-state index in [0.717, 1.165) is 5.41 Å². The zero-order valence-corrected chi connectivity index (χ0v) is 12.7. The van der Waals surface area contributed by atoms with Gasteiger partial charge in [-0.15, -0.1) is 0 Å². The first-order valence-corrected chi connectivity index (χ1v) is 7.17. The maximum Gasteiger partial charge on any atom is 0.0571 e. The van der Waals surface area contributed by atoms with Gasteiger partial charge in [0.1, 0.15) is 0 Å². The van der Waals surface area contributed by atoms with E-state index in [2.05, 4.69) is 13.8 Å². The molecule has 0 amide bonds. The maximum atomic E-state index is 5.11. The van der Waals surface area contributed by atoms with Crippen molar-refractivity contribution in [1.29, 1.82) is 0 Å². The molecule has 100 valence electrons. The van der Waals surface area contributed by atoms with E-state index in [-0.39, 0.29) is 0 Å². The number of methoxy groups -OCH3 is 1. The lowest BCUT2D eigenvalue weighted by atomic mass is 10.2. The Morgan fingerprint density at radius 2 is 1.19 bits per heavy atom. The predicted molar refractivity (Wildman–Crippen MR) is 75.0 cm³/mol. The minimum Gasteiger partial charge on any atom is -0.381 e. The van der Waals surface area contributed by atoms with Crippen LogP contribution in [0.5, 0.6) is 0 Å². The molecule has 0 aromatic carbocycles. The van der Waals surface area contributed by atoms with Crippen molar-refractivity contribution in [3.8, 4) is 0 Å². The lowest BCUT2D eigenvalue weighted by Gasteiger charge is -2.02. The summed E-state index contributed by atoms with van der Waals surface area (Å²) in [5.41, 5.74) is 0.750. The molecule has 0 heterocycles. The Labute approximate surface area is 104 Å². The van der Waals surface area contributed by atoms with Gasteiger partial charge in [0.05, 0.1) is 6.10 Å². The molecule has 0 unspecified atom stereocenters. The molecular formula is C15H34O. The molecule has 0 aromatic rings. The lowest BCUT2D eigenvalue weighted by molar-refractivity contribution is 0.109. The summed E-state index contributed by atoms with van der Waals surface area (Å²) in [7, 11) is 1.80. The summed E-state index contributed by atoms with van der Waals surface area (Å²) >= 11 is 0. The molecule has 2 rings (SSSR count). The molecule has 0 aromatic heterocycles. The topological polar surface area (TPSA) is 9.23 Å². The van der Waals surface area contributed by atoms with Gasteiger partial charge in [0.25, 0.3) is 0 Å². The second kappa shape index (κ2) is 11.4. The van der Waals surface area contributed by atoms with Crippen molar-refractivity contribution >= 4 is 0 Å². The van der Waals surface area contributed by atoms with Crippen molar-refractivity contribution in [2.45, 2.75) is 86.2 Å². The Kier molecular flexibility index (Phi) is 13.1. The van der Waals surface area contributed by atoms with Crippen molar-refractivity contribution in [1.82, 2.24) is 0 Å². The maximum absolute atomic E-state index is 5.11. The van der Waals surface area contributed by atoms with E-state index in [1.54, 1.807) is 7.11 Å². The largest absolute Gasteiger partial charge is 0.381 e. The van der Waals surface area contributed by atoms with Gasteiger partial charge in [-0.25, -0.2) is 0 Å². The highest BCUT2D eigenvalue weighted by atomic mass is 16.5. The predicted octanol–water partition coefficient (Wildman–Crippen LogP) is 5.43. The normalized spacial score (nSPS) is 20.4. The molecule has 0 spiro atoms. The van der Waals surface area contributed by atoms with Crippen LogP contribution < -0.4 is 0 Å². The molecule has 1 nitrogen and oxygen atoms in total. The van der Waals surface area contributed by atoms with E-state index in [1.807, 2.05) is 27.7 Å². The minimum absolute atomic E-state index is 0.597. The molecule has 2 aliphatic rings. The lowest BCUT2D eigenvalue weighted by Crippen LogP contribution is -2.01. The molecule has 0 radical (unpaired) electrons. The number of hydrogen-bond acceptors (Lipinski definition) is 1. The van der Waals surface area contributed by atoms with Crippen LogP contribution in [-0.2, 0) is 4.74 Å². The Morgan fingerprint density at radius 3 is 1.31 bits per heavy atom. The molecular weight excluding hydrogens is 196 g/mol. The van der Waals surface area contributed by atoms with Gasteiger partial charge in [-0.2, -0.15) is 0 Å². The van der Waals surface area contributed by atoms with Crippen LogP contribution in [0.15, 0.2) is 0 Å². The third-order valence-corrected chi connectivity index (χ3v) is 2.89. The van der Waals surface area contributed by atoms with Crippen LogP contribution in [0, 0.1) is 5.41 Å². The van der Waals surface area contributed by atoms with Crippen LogP contribution in [0.25, 0.3) is 0 Å². The van der Waals surface area contributed by atoms with Crippen molar-refractivity contribution < 1.29 is 4.74 Å². The summed E-state index contributed by atoms with van der Waals surface area (Å²) in [6.45, 7) is 12.6. The van der Waals surface area contributed by atoms with Gasteiger partial charge in [-0.1, -0.05) is 54.4 Å². The van der Waals surface area contributed by atoms with E-state index in [1.165, 1.54) is 38.5 Å². The van der Waals surface area contributed by atoms with Crippen molar-refractivity contribution in [3.05, 3.63) is 0 Å². The highest BCUT2D eigenvalue weighted by Crippen LogP contribution is 2.43. The molecule has 2 saturated carbocycles. The molecule has 0 atom stereocenters. The second-order valence-electron chi connectivity index (χ2n) is 4.81. The number of ether oxygens (including phenoxy) is 1. The molecule has 16 heavy (non-hydrogen) atoms. The summed E-state index contributed by atoms with van der Waals surface area (Å²) in [6.07, 6.45) is 8.82. The minimum atomic E-state index is 0.597. The van der Waals surface area contributed by atoms with Crippen LogP contribution in [0.2, 0.25) is 0 Å². The van der Waals surface area contributed by atoms with Gasteiger partial charge < -0.3 is 4.74 Å². The molecule has 0 aliphatic heterocycles. The molecule has 2 fully saturated rings. The summed E-state index contributed by atoms with van der Waals surface area (Å²) in [5.74, 6) is 0. The first-order chi connectivity index (χ1) is 7.64. The summed E-state index contributed by atoms with van der Waals surface area (Å²) in [4.78, 5) is 0. The van der Waals surface area contributed by atoms with Gasteiger partial charge in [-0.3, -0.25) is 0 Å². The fraction of sp³-hybridized carbons (Fsp3) is 1.00. The standard InChI is InChI=1S/C6H12O.C5H10.2C2H6/c1-7-6-4-2-3-5-6;1-5(2)3-4-5;2*1-2/h6H,2-5H2,1H3;3-4H2,1-2H3;2*1-2H3. The Bertz CT molecular complexity index is 117. The van der Waals surface area contributed by atoms with Crippen LogP contribution in [0.3, 0.4) is 0 Å². The number of rotatable bonds is 1. The quantitative estimate of drug-likeness (QED) is 0.583. The average Bonchev–Trinajstić information content (AvgIpc) is 2.85. The Hall–Kier alpha value is -0.0400. The fourth-order valence-electron chi connectivity index (χ4n) is 1.37. The average molecular weight is 230 g/mol. The van der Waals surface area contributed by atoms with Crippen LogP contribution in [0.4, 0.5) is 0 Å². The van der Waals surface area contributed by atoms with E-state index < -0.39 is 0 Å². The Balaban J connectivity index is 0. The van der Waals surface area contributed by atoms with Gasteiger partial charge in [0.2, 0.25) is 0 Å². The van der Waals surface area contributed by atoms with Gasteiger partial charge >= 0.3 is 0 Å². The van der Waals surface area contributed by atoms with Gasteiger partial charge in [0, 0.05) is 7.11 Å². The Morgan fingerprint density at radius 1 is 0.875 bits per heavy atom. The van der Waals surface area contributed by atoms with Crippen LogP contribution in [-0.4, -0.2) is 13.2 Å².